The number of hydrogen-bond donors (Lipinski definition) is 1. The van der Waals surface area contributed by atoms with Crippen molar-refractivity contribution in [3.8, 4) is 11.3 Å². The fourth-order valence-corrected chi connectivity index (χ4v) is 1.38. The van der Waals surface area contributed by atoms with Gasteiger partial charge in [0.25, 0.3) is 0 Å². The average molecular weight is 222 g/mol. The third-order valence-corrected chi connectivity index (χ3v) is 2.25. The monoisotopic (exact) mass is 222 g/mol. The fourth-order valence-electron chi connectivity index (χ4n) is 1.38. The van der Waals surface area contributed by atoms with E-state index in [9.17, 15) is 13.6 Å². The van der Waals surface area contributed by atoms with Crippen molar-refractivity contribution in [1.82, 2.24) is 10.2 Å². The number of hydrogen-bond acceptors (Lipinski definition) is 2. The molecule has 1 aromatic carbocycles. The van der Waals surface area contributed by atoms with Gasteiger partial charge in [-0.05, 0) is 30.7 Å². The predicted molar refractivity (Wildman–Crippen MR) is 54.1 cm³/mol. The molecule has 1 N–H and O–H groups in total. The summed E-state index contributed by atoms with van der Waals surface area (Å²) in [4.78, 5) is 10.4. The highest BCUT2D eigenvalue weighted by atomic mass is 19.1. The fraction of sp³-hybridized carbons (Fsp3) is 0.0909. The first-order valence-electron chi connectivity index (χ1n) is 4.58. The molecule has 1 heterocycles. The SMILES string of the molecule is Cc1cc(F)c(-c2cc(C=O)[nH]n2)cc1F. The molecule has 0 aliphatic rings. The largest absolute Gasteiger partial charge is 0.296 e. The average Bonchev–Trinajstić information content (AvgIpc) is 2.71. The first kappa shape index (κ1) is 10.5. The van der Waals surface area contributed by atoms with Gasteiger partial charge in [-0.1, -0.05) is 0 Å². The molecule has 2 rings (SSSR count). The zero-order valence-electron chi connectivity index (χ0n) is 8.42. The molecule has 0 radical (unpaired) electrons. The highest BCUT2D eigenvalue weighted by molar-refractivity contribution is 5.75. The predicted octanol–water partition coefficient (Wildman–Crippen LogP) is 2.48. The van der Waals surface area contributed by atoms with E-state index in [0.29, 0.717) is 6.29 Å². The van der Waals surface area contributed by atoms with Crippen LogP contribution in [0.1, 0.15) is 16.1 Å². The summed E-state index contributed by atoms with van der Waals surface area (Å²) in [5.41, 5.74) is 0.689. The van der Waals surface area contributed by atoms with Crippen LogP contribution >= 0.6 is 0 Å². The Morgan fingerprint density at radius 2 is 2.00 bits per heavy atom. The van der Waals surface area contributed by atoms with Gasteiger partial charge in [-0.25, -0.2) is 8.78 Å². The number of benzene rings is 1. The molecule has 0 atom stereocenters. The number of halogens is 2. The second-order valence-corrected chi connectivity index (χ2v) is 3.41. The van der Waals surface area contributed by atoms with Gasteiger partial charge in [-0.3, -0.25) is 9.89 Å². The summed E-state index contributed by atoms with van der Waals surface area (Å²) >= 11 is 0. The lowest BCUT2D eigenvalue weighted by atomic mass is 10.1. The highest BCUT2D eigenvalue weighted by Crippen LogP contribution is 2.23. The van der Waals surface area contributed by atoms with Crippen molar-refractivity contribution in [2.75, 3.05) is 0 Å². The smallest absolute Gasteiger partial charge is 0.167 e. The summed E-state index contributed by atoms with van der Waals surface area (Å²) in [6, 6.07) is 3.52. The Morgan fingerprint density at radius 3 is 2.62 bits per heavy atom. The van der Waals surface area contributed by atoms with Gasteiger partial charge in [0.05, 0.1) is 11.4 Å². The van der Waals surface area contributed by atoms with E-state index in [1.54, 1.807) is 0 Å². The number of aldehydes is 1. The third kappa shape index (κ3) is 1.71. The van der Waals surface area contributed by atoms with Crippen molar-refractivity contribution >= 4 is 6.29 Å². The van der Waals surface area contributed by atoms with E-state index in [0.717, 1.165) is 12.1 Å². The number of aromatic nitrogens is 2. The molecule has 3 nitrogen and oxygen atoms in total. The summed E-state index contributed by atoms with van der Waals surface area (Å²) in [5, 5.41) is 6.13. The topological polar surface area (TPSA) is 45.8 Å². The molecule has 0 spiro atoms. The molecule has 0 unspecified atom stereocenters. The number of nitrogens with one attached hydrogen (secondary N) is 1. The van der Waals surface area contributed by atoms with Crippen molar-refractivity contribution in [3.63, 3.8) is 0 Å². The van der Waals surface area contributed by atoms with Gasteiger partial charge < -0.3 is 0 Å². The quantitative estimate of drug-likeness (QED) is 0.793. The number of nitrogens with zero attached hydrogens (tertiary/aromatic N) is 1. The van der Waals surface area contributed by atoms with Gasteiger partial charge in [-0.15, -0.1) is 0 Å². The minimum Gasteiger partial charge on any atom is -0.296 e. The minimum absolute atomic E-state index is 0.0347. The van der Waals surface area contributed by atoms with E-state index in [1.165, 1.54) is 13.0 Å². The maximum Gasteiger partial charge on any atom is 0.167 e. The number of carbonyl (C=O) groups is 1. The normalized spacial score (nSPS) is 10.4. The van der Waals surface area contributed by atoms with Crippen LogP contribution in [0.5, 0.6) is 0 Å². The lowest BCUT2D eigenvalue weighted by Gasteiger charge is -2.01. The molecule has 0 bridgehead atoms. The second kappa shape index (κ2) is 3.84. The lowest BCUT2D eigenvalue weighted by molar-refractivity contribution is 0.111. The summed E-state index contributed by atoms with van der Waals surface area (Å²) in [7, 11) is 0. The molecule has 0 saturated heterocycles. The number of aromatic amines is 1. The maximum atomic E-state index is 13.5. The summed E-state index contributed by atoms with van der Waals surface area (Å²) < 4.78 is 26.8. The van der Waals surface area contributed by atoms with Crippen LogP contribution in [0.15, 0.2) is 18.2 Å². The standard InChI is InChI=1S/C11H8F2N2O/c1-6-2-10(13)8(4-9(6)12)11-3-7(5-16)14-15-11/h2-5H,1H3,(H,14,15). The van der Waals surface area contributed by atoms with Crippen LogP contribution in [0.25, 0.3) is 11.3 Å². The van der Waals surface area contributed by atoms with Gasteiger partial charge in [0.15, 0.2) is 6.29 Å². The Morgan fingerprint density at radius 1 is 1.25 bits per heavy atom. The van der Waals surface area contributed by atoms with Crippen molar-refractivity contribution < 1.29 is 13.6 Å². The van der Waals surface area contributed by atoms with E-state index in [4.69, 9.17) is 0 Å². The number of rotatable bonds is 2. The van der Waals surface area contributed by atoms with Crippen molar-refractivity contribution in [2.24, 2.45) is 0 Å². The molecule has 1 aromatic heterocycles. The van der Waals surface area contributed by atoms with Crippen LogP contribution in [0.2, 0.25) is 0 Å². The molecule has 0 saturated carbocycles. The van der Waals surface area contributed by atoms with Gasteiger partial charge in [0.2, 0.25) is 0 Å². The summed E-state index contributed by atoms with van der Waals surface area (Å²) in [6.07, 6.45) is 0.555. The number of H-pyrrole nitrogens is 1. The highest BCUT2D eigenvalue weighted by Gasteiger charge is 2.12. The zero-order valence-corrected chi connectivity index (χ0v) is 8.42. The second-order valence-electron chi connectivity index (χ2n) is 3.41. The van der Waals surface area contributed by atoms with Gasteiger partial charge in [-0.2, -0.15) is 5.10 Å². The molecule has 0 aliphatic carbocycles. The zero-order chi connectivity index (χ0) is 11.7. The number of aryl methyl sites for hydroxylation is 1. The van der Waals surface area contributed by atoms with Crippen LogP contribution in [0, 0.1) is 18.6 Å². The van der Waals surface area contributed by atoms with Crippen LogP contribution in [0.4, 0.5) is 8.78 Å². The molecule has 16 heavy (non-hydrogen) atoms. The van der Waals surface area contributed by atoms with E-state index in [2.05, 4.69) is 10.2 Å². The molecule has 5 heteroatoms. The van der Waals surface area contributed by atoms with Crippen molar-refractivity contribution in [2.45, 2.75) is 6.92 Å². The first-order valence-corrected chi connectivity index (χ1v) is 4.58. The van der Waals surface area contributed by atoms with Crippen LogP contribution in [-0.4, -0.2) is 16.5 Å². The Balaban J connectivity index is 2.55. The van der Waals surface area contributed by atoms with Crippen molar-refractivity contribution in [3.05, 3.63) is 41.1 Å². The maximum absolute atomic E-state index is 13.5. The van der Waals surface area contributed by atoms with Crippen LogP contribution in [0.3, 0.4) is 0 Å². The first-order chi connectivity index (χ1) is 7.61. The lowest BCUT2D eigenvalue weighted by Crippen LogP contribution is -1.90. The van der Waals surface area contributed by atoms with Gasteiger partial charge in [0.1, 0.15) is 11.6 Å². The molecule has 0 amide bonds. The molecule has 82 valence electrons. The molecule has 2 aromatic rings. The molecular weight excluding hydrogens is 214 g/mol. The third-order valence-electron chi connectivity index (χ3n) is 2.25. The van der Waals surface area contributed by atoms with Crippen molar-refractivity contribution in [1.29, 1.82) is 0 Å². The molecule has 0 fully saturated rings. The van der Waals surface area contributed by atoms with E-state index >= 15 is 0 Å². The minimum atomic E-state index is -0.567. The Kier molecular flexibility index (Phi) is 2.52. The van der Waals surface area contributed by atoms with Crippen LogP contribution < -0.4 is 0 Å². The van der Waals surface area contributed by atoms with E-state index < -0.39 is 11.6 Å². The summed E-state index contributed by atoms with van der Waals surface area (Å²) in [5.74, 6) is -1.07. The molecular formula is C11H8F2N2O. The van der Waals surface area contributed by atoms with Gasteiger partial charge >= 0.3 is 0 Å². The number of carbonyl (C=O) groups excluding carboxylic acids is 1. The summed E-state index contributed by atoms with van der Waals surface area (Å²) in [6.45, 7) is 1.48. The Labute approximate surface area is 90.1 Å². The van der Waals surface area contributed by atoms with Crippen LogP contribution in [-0.2, 0) is 0 Å². The Bertz CT molecular complexity index is 549. The van der Waals surface area contributed by atoms with Gasteiger partial charge in [0, 0.05) is 5.56 Å². The Hall–Kier alpha value is -2.04. The molecule has 0 aliphatic heterocycles. The van der Waals surface area contributed by atoms with E-state index in [-0.39, 0.29) is 22.5 Å². The van der Waals surface area contributed by atoms with E-state index in [1.807, 2.05) is 0 Å².